The van der Waals surface area contributed by atoms with Gasteiger partial charge in [-0.1, -0.05) is 13.3 Å². The Balaban J connectivity index is 2.72. The lowest BCUT2D eigenvalue weighted by molar-refractivity contribution is 0.105. The number of hydrogen-bond acceptors (Lipinski definition) is 3. The monoisotopic (exact) mass is 261 g/mol. The number of nitrogens with two attached hydrogens (primary N) is 1. The molecule has 80 valence electrons. The van der Waals surface area contributed by atoms with Gasteiger partial charge in [0.2, 0.25) is 0 Å². The molecule has 1 rings (SSSR count). The third-order valence-corrected chi connectivity index (χ3v) is 3.02. The number of rotatable bonds is 5. The van der Waals surface area contributed by atoms with Gasteiger partial charge in [-0.15, -0.1) is 0 Å². The van der Waals surface area contributed by atoms with Crippen molar-refractivity contribution in [3.63, 3.8) is 0 Å². The highest BCUT2D eigenvalue weighted by atomic mass is 79.9. The van der Waals surface area contributed by atoms with Gasteiger partial charge in [-0.25, -0.2) is 0 Å². The number of halogens is 1. The molecule has 3 N–H and O–H groups in total. The molecule has 1 heterocycles. The van der Waals surface area contributed by atoms with Gasteiger partial charge >= 0.3 is 0 Å². The first kappa shape index (κ1) is 11.8. The normalized spacial score (nSPS) is 15.4. The van der Waals surface area contributed by atoms with Crippen LogP contribution in [-0.2, 0) is 0 Å². The van der Waals surface area contributed by atoms with Gasteiger partial charge in [-0.2, -0.15) is 0 Å². The Morgan fingerprint density at radius 1 is 1.64 bits per heavy atom. The van der Waals surface area contributed by atoms with E-state index in [1.165, 1.54) is 0 Å². The molecule has 0 radical (unpaired) electrons. The second-order valence-corrected chi connectivity index (χ2v) is 4.10. The molecule has 0 aliphatic rings. The van der Waals surface area contributed by atoms with E-state index in [-0.39, 0.29) is 5.92 Å². The van der Waals surface area contributed by atoms with Gasteiger partial charge in [-0.05, 0) is 35.0 Å². The van der Waals surface area contributed by atoms with E-state index in [1.54, 1.807) is 12.3 Å². The Hall–Kier alpha value is -0.320. The minimum absolute atomic E-state index is 0.105. The maximum absolute atomic E-state index is 10.0. The Morgan fingerprint density at radius 2 is 2.36 bits per heavy atom. The topological polar surface area (TPSA) is 59.4 Å². The van der Waals surface area contributed by atoms with Gasteiger partial charge in [0.25, 0.3) is 0 Å². The molecular weight excluding hydrogens is 246 g/mol. The summed E-state index contributed by atoms with van der Waals surface area (Å²) in [4.78, 5) is 0. The van der Waals surface area contributed by atoms with Gasteiger partial charge in [0.05, 0.1) is 12.4 Å². The van der Waals surface area contributed by atoms with Crippen molar-refractivity contribution in [3.8, 4) is 0 Å². The van der Waals surface area contributed by atoms with E-state index in [1.807, 2.05) is 0 Å². The zero-order chi connectivity index (χ0) is 10.6. The molecule has 3 nitrogen and oxygen atoms in total. The lowest BCUT2D eigenvalue weighted by Gasteiger charge is -2.19. The fourth-order valence-corrected chi connectivity index (χ4v) is 2.02. The molecule has 0 amide bonds. The smallest absolute Gasteiger partial charge is 0.174 e. The Kier molecular flexibility index (Phi) is 4.65. The van der Waals surface area contributed by atoms with Crippen LogP contribution in [0.15, 0.2) is 21.4 Å². The molecule has 0 bridgehead atoms. The standard InChI is InChI=1S/C10H16BrNO2/c1-2-3-7(6-12)9(13)8-4-5-14-10(8)11/h4-5,7,9,13H,2-3,6,12H2,1H3. The van der Waals surface area contributed by atoms with E-state index in [4.69, 9.17) is 10.2 Å². The summed E-state index contributed by atoms with van der Waals surface area (Å²) in [5.41, 5.74) is 6.40. The van der Waals surface area contributed by atoms with Crippen molar-refractivity contribution in [2.45, 2.75) is 25.9 Å². The Labute approximate surface area is 92.4 Å². The van der Waals surface area contributed by atoms with Gasteiger partial charge in [0.1, 0.15) is 0 Å². The van der Waals surface area contributed by atoms with Crippen molar-refractivity contribution in [3.05, 3.63) is 22.6 Å². The largest absolute Gasteiger partial charge is 0.457 e. The highest BCUT2D eigenvalue weighted by Crippen LogP contribution is 2.31. The van der Waals surface area contributed by atoms with Crippen molar-refractivity contribution < 1.29 is 9.52 Å². The number of hydrogen-bond donors (Lipinski definition) is 2. The van der Waals surface area contributed by atoms with Crippen molar-refractivity contribution >= 4 is 15.9 Å². The van der Waals surface area contributed by atoms with E-state index in [2.05, 4.69) is 22.9 Å². The average molecular weight is 262 g/mol. The van der Waals surface area contributed by atoms with E-state index >= 15 is 0 Å². The molecular formula is C10H16BrNO2. The van der Waals surface area contributed by atoms with Crippen molar-refractivity contribution in [1.82, 2.24) is 0 Å². The van der Waals surface area contributed by atoms with Crippen molar-refractivity contribution in [2.75, 3.05) is 6.54 Å². The Morgan fingerprint density at radius 3 is 2.79 bits per heavy atom. The summed E-state index contributed by atoms with van der Waals surface area (Å²) in [6.45, 7) is 2.58. The van der Waals surface area contributed by atoms with Crippen LogP contribution in [0.5, 0.6) is 0 Å². The average Bonchev–Trinajstić information content (AvgIpc) is 2.59. The molecule has 2 unspecified atom stereocenters. The predicted octanol–water partition coefficient (Wildman–Crippen LogP) is 2.45. The summed E-state index contributed by atoms with van der Waals surface area (Å²) >= 11 is 3.25. The van der Waals surface area contributed by atoms with Crippen molar-refractivity contribution in [2.24, 2.45) is 11.7 Å². The van der Waals surface area contributed by atoms with Crippen LogP contribution in [0, 0.1) is 5.92 Å². The molecule has 4 heteroatoms. The summed E-state index contributed by atoms with van der Waals surface area (Å²) in [5.74, 6) is 0.105. The van der Waals surface area contributed by atoms with E-state index < -0.39 is 6.10 Å². The van der Waals surface area contributed by atoms with Crippen LogP contribution < -0.4 is 5.73 Å². The maximum atomic E-state index is 10.0. The van der Waals surface area contributed by atoms with Crippen molar-refractivity contribution in [1.29, 1.82) is 0 Å². The molecule has 2 atom stereocenters. The van der Waals surface area contributed by atoms with Crippen LogP contribution in [0.3, 0.4) is 0 Å². The van der Waals surface area contributed by atoms with E-state index in [0.717, 1.165) is 18.4 Å². The molecule has 0 saturated heterocycles. The van der Waals surface area contributed by atoms with Crippen LogP contribution in [0.4, 0.5) is 0 Å². The third-order valence-electron chi connectivity index (χ3n) is 2.37. The van der Waals surface area contributed by atoms with Crippen LogP contribution >= 0.6 is 15.9 Å². The first-order chi connectivity index (χ1) is 6.70. The molecule has 0 aliphatic carbocycles. The molecule has 0 aromatic carbocycles. The van der Waals surface area contributed by atoms with Gasteiger partial charge < -0.3 is 15.3 Å². The third kappa shape index (κ3) is 2.59. The molecule has 0 aliphatic heterocycles. The first-order valence-electron chi connectivity index (χ1n) is 4.81. The molecule has 0 saturated carbocycles. The maximum Gasteiger partial charge on any atom is 0.174 e. The zero-order valence-electron chi connectivity index (χ0n) is 8.24. The number of aliphatic hydroxyl groups excluding tert-OH is 1. The highest BCUT2D eigenvalue weighted by molar-refractivity contribution is 9.10. The summed E-state index contributed by atoms with van der Waals surface area (Å²) in [6.07, 6.45) is 2.97. The molecule has 1 aromatic rings. The zero-order valence-corrected chi connectivity index (χ0v) is 9.83. The second kappa shape index (κ2) is 5.53. The fourth-order valence-electron chi connectivity index (χ4n) is 1.54. The van der Waals surface area contributed by atoms with Crippen LogP contribution in [0.1, 0.15) is 31.4 Å². The number of aliphatic hydroxyl groups is 1. The first-order valence-corrected chi connectivity index (χ1v) is 5.61. The summed E-state index contributed by atoms with van der Waals surface area (Å²) < 4.78 is 5.67. The van der Waals surface area contributed by atoms with Crippen LogP contribution in [-0.4, -0.2) is 11.7 Å². The van der Waals surface area contributed by atoms with E-state index in [9.17, 15) is 5.11 Å². The SMILES string of the molecule is CCCC(CN)C(O)c1ccoc1Br. The van der Waals surface area contributed by atoms with Crippen LogP contribution in [0.25, 0.3) is 0 Å². The van der Waals surface area contributed by atoms with Crippen LogP contribution in [0.2, 0.25) is 0 Å². The van der Waals surface area contributed by atoms with Gasteiger partial charge in [-0.3, -0.25) is 0 Å². The summed E-state index contributed by atoms with van der Waals surface area (Å²) in [6, 6.07) is 1.77. The minimum atomic E-state index is -0.534. The molecule has 0 spiro atoms. The molecule has 1 aromatic heterocycles. The fraction of sp³-hybridized carbons (Fsp3) is 0.600. The summed E-state index contributed by atoms with van der Waals surface area (Å²) in [7, 11) is 0. The quantitative estimate of drug-likeness (QED) is 0.856. The second-order valence-electron chi connectivity index (χ2n) is 3.38. The predicted molar refractivity (Wildman–Crippen MR) is 58.8 cm³/mol. The number of furan rings is 1. The molecule has 14 heavy (non-hydrogen) atoms. The minimum Gasteiger partial charge on any atom is -0.457 e. The lowest BCUT2D eigenvalue weighted by atomic mass is 9.93. The summed E-state index contributed by atoms with van der Waals surface area (Å²) in [5, 5.41) is 10.0. The highest BCUT2D eigenvalue weighted by Gasteiger charge is 2.22. The molecule has 0 fully saturated rings. The van der Waals surface area contributed by atoms with E-state index in [0.29, 0.717) is 11.2 Å². The van der Waals surface area contributed by atoms with Gasteiger partial charge in [0.15, 0.2) is 4.67 Å². The van der Waals surface area contributed by atoms with Gasteiger partial charge in [0, 0.05) is 11.5 Å². The Bertz CT molecular complexity index is 275. The lowest BCUT2D eigenvalue weighted by Crippen LogP contribution is -2.21.